The molecule has 7 heteroatoms. The summed E-state index contributed by atoms with van der Waals surface area (Å²) in [5.74, 6) is -1.36. The van der Waals surface area contributed by atoms with E-state index in [2.05, 4.69) is 10.3 Å². The summed E-state index contributed by atoms with van der Waals surface area (Å²) < 4.78 is 0. The predicted octanol–water partition coefficient (Wildman–Crippen LogP) is 0.439. The summed E-state index contributed by atoms with van der Waals surface area (Å²) in [6.45, 7) is 2.02. The van der Waals surface area contributed by atoms with Gasteiger partial charge in [-0.2, -0.15) is 0 Å². The lowest BCUT2D eigenvalue weighted by molar-refractivity contribution is -0.132. The summed E-state index contributed by atoms with van der Waals surface area (Å²) in [6.07, 6.45) is 1.01. The van der Waals surface area contributed by atoms with Crippen LogP contribution in [0.5, 0.6) is 0 Å². The van der Waals surface area contributed by atoms with Gasteiger partial charge in [-0.15, -0.1) is 0 Å². The number of nitrogens with zero attached hydrogens (tertiary/aromatic N) is 2. The maximum absolute atomic E-state index is 12.1. The number of likely N-dealkylation sites (tertiary alicyclic amines) is 1. The van der Waals surface area contributed by atoms with Crippen molar-refractivity contribution in [2.45, 2.75) is 25.8 Å². The van der Waals surface area contributed by atoms with Crippen molar-refractivity contribution in [3.05, 3.63) is 29.1 Å². The molecule has 0 saturated carbocycles. The zero-order valence-corrected chi connectivity index (χ0v) is 11.9. The van der Waals surface area contributed by atoms with E-state index in [1.165, 1.54) is 12.1 Å². The van der Waals surface area contributed by atoms with Crippen LogP contribution >= 0.6 is 0 Å². The van der Waals surface area contributed by atoms with E-state index in [1.54, 1.807) is 18.9 Å². The van der Waals surface area contributed by atoms with Crippen LogP contribution in [0.3, 0.4) is 0 Å². The monoisotopic (exact) mass is 291 g/mol. The number of carbonyl (C=O) groups is 3. The Morgan fingerprint density at radius 1 is 1.43 bits per heavy atom. The molecule has 1 aromatic rings. The van der Waals surface area contributed by atoms with Gasteiger partial charge in [-0.3, -0.25) is 9.59 Å². The zero-order chi connectivity index (χ0) is 15.6. The Hall–Kier alpha value is -2.44. The summed E-state index contributed by atoms with van der Waals surface area (Å²) in [7, 11) is 1.70. The molecule has 1 aliphatic rings. The summed E-state index contributed by atoms with van der Waals surface area (Å²) in [4.78, 5) is 40.0. The predicted molar refractivity (Wildman–Crippen MR) is 74.1 cm³/mol. The number of aromatic nitrogens is 1. The number of aryl methyl sites for hydroxylation is 1. The minimum atomic E-state index is -1.07. The first kappa shape index (κ1) is 15.0. The highest BCUT2D eigenvalue weighted by molar-refractivity contribution is 5.94. The number of piperidine rings is 1. The topological polar surface area (TPSA) is 99.6 Å². The third-order valence-corrected chi connectivity index (χ3v) is 3.51. The van der Waals surface area contributed by atoms with Gasteiger partial charge in [0.15, 0.2) is 0 Å². The summed E-state index contributed by atoms with van der Waals surface area (Å²) in [5.41, 5.74) is 0.553. The molecule has 2 amide bonds. The standard InChI is InChI=1S/C14H17N3O4/c1-8-10(14(20)21)4-5-11(15-8)13(19)16-9-3-6-12(18)17(2)7-9/h4-5,9H,3,6-7H2,1-2H3,(H,16,19)(H,20,21). The third-order valence-electron chi connectivity index (χ3n) is 3.51. The van der Waals surface area contributed by atoms with Gasteiger partial charge in [0, 0.05) is 26.1 Å². The molecule has 0 spiro atoms. The summed E-state index contributed by atoms with van der Waals surface area (Å²) in [6, 6.07) is 2.65. The smallest absolute Gasteiger partial charge is 0.337 e. The lowest BCUT2D eigenvalue weighted by Gasteiger charge is -2.30. The number of carbonyl (C=O) groups excluding carboxylic acids is 2. The quantitative estimate of drug-likeness (QED) is 0.841. The average Bonchev–Trinajstić information content (AvgIpc) is 2.42. The zero-order valence-electron chi connectivity index (χ0n) is 11.9. The number of hydrogen-bond donors (Lipinski definition) is 2. The number of carboxylic acid groups (broad SMARTS) is 1. The molecule has 112 valence electrons. The van der Waals surface area contributed by atoms with Crippen molar-refractivity contribution in [2.75, 3.05) is 13.6 Å². The van der Waals surface area contributed by atoms with Gasteiger partial charge in [-0.05, 0) is 25.5 Å². The summed E-state index contributed by atoms with van der Waals surface area (Å²) >= 11 is 0. The molecular weight excluding hydrogens is 274 g/mol. The number of carboxylic acids is 1. The Bertz CT molecular complexity index is 600. The van der Waals surface area contributed by atoms with Crippen LogP contribution in [0.4, 0.5) is 0 Å². The fraction of sp³-hybridized carbons (Fsp3) is 0.429. The van der Waals surface area contributed by atoms with Crippen molar-refractivity contribution < 1.29 is 19.5 Å². The molecule has 7 nitrogen and oxygen atoms in total. The van der Waals surface area contributed by atoms with Gasteiger partial charge < -0.3 is 15.3 Å². The molecule has 1 fully saturated rings. The van der Waals surface area contributed by atoms with Crippen LogP contribution in [0.15, 0.2) is 12.1 Å². The van der Waals surface area contributed by atoms with E-state index in [9.17, 15) is 14.4 Å². The molecule has 0 aromatic carbocycles. The second-order valence-corrected chi connectivity index (χ2v) is 5.12. The van der Waals surface area contributed by atoms with Crippen LogP contribution in [0.25, 0.3) is 0 Å². The first-order valence-corrected chi connectivity index (χ1v) is 6.64. The largest absolute Gasteiger partial charge is 0.478 e. The molecule has 1 saturated heterocycles. The maximum Gasteiger partial charge on any atom is 0.337 e. The first-order valence-electron chi connectivity index (χ1n) is 6.64. The van der Waals surface area contributed by atoms with E-state index in [1.807, 2.05) is 0 Å². The minimum Gasteiger partial charge on any atom is -0.478 e. The molecule has 1 unspecified atom stereocenters. The Balaban J connectivity index is 2.05. The molecule has 2 heterocycles. The normalized spacial score (nSPS) is 18.5. The van der Waals surface area contributed by atoms with Crippen molar-refractivity contribution in [1.29, 1.82) is 0 Å². The van der Waals surface area contributed by atoms with Crippen molar-refractivity contribution in [3.8, 4) is 0 Å². The number of likely N-dealkylation sites (N-methyl/N-ethyl adjacent to an activating group) is 1. The van der Waals surface area contributed by atoms with Gasteiger partial charge in [0.25, 0.3) is 5.91 Å². The number of rotatable bonds is 3. The maximum atomic E-state index is 12.1. The number of aromatic carboxylic acids is 1. The van der Waals surface area contributed by atoms with Gasteiger partial charge in [0.1, 0.15) is 5.69 Å². The number of hydrogen-bond acceptors (Lipinski definition) is 4. The van der Waals surface area contributed by atoms with Crippen LogP contribution in [-0.2, 0) is 4.79 Å². The minimum absolute atomic E-state index is 0.0697. The molecule has 2 N–H and O–H groups in total. The van der Waals surface area contributed by atoms with Crippen molar-refractivity contribution in [2.24, 2.45) is 0 Å². The lowest BCUT2D eigenvalue weighted by atomic mass is 10.1. The molecule has 0 aliphatic carbocycles. The molecule has 1 atom stereocenters. The Kier molecular flexibility index (Phi) is 4.21. The first-order chi connectivity index (χ1) is 9.88. The summed E-state index contributed by atoms with van der Waals surface area (Å²) in [5, 5.41) is 11.8. The van der Waals surface area contributed by atoms with Crippen molar-refractivity contribution >= 4 is 17.8 Å². The molecule has 21 heavy (non-hydrogen) atoms. The second kappa shape index (κ2) is 5.90. The highest BCUT2D eigenvalue weighted by atomic mass is 16.4. The molecular formula is C14H17N3O4. The van der Waals surface area contributed by atoms with Crippen LogP contribution in [-0.4, -0.2) is 52.4 Å². The van der Waals surface area contributed by atoms with Crippen molar-refractivity contribution in [1.82, 2.24) is 15.2 Å². The Morgan fingerprint density at radius 3 is 2.71 bits per heavy atom. The van der Waals surface area contributed by atoms with Gasteiger partial charge in [-0.1, -0.05) is 0 Å². The van der Waals surface area contributed by atoms with Crippen molar-refractivity contribution in [3.63, 3.8) is 0 Å². The number of amides is 2. The van der Waals surface area contributed by atoms with E-state index in [4.69, 9.17) is 5.11 Å². The van der Waals surface area contributed by atoms with E-state index in [-0.39, 0.29) is 29.1 Å². The van der Waals surface area contributed by atoms with Gasteiger partial charge in [-0.25, -0.2) is 9.78 Å². The van der Waals surface area contributed by atoms with Gasteiger partial charge in [0.05, 0.1) is 11.3 Å². The van der Waals surface area contributed by atoms with Gasteiger partial charge >= 0.3 is 5.97 Å². The van der Waals surface area contributed by atoms with Gasteiger partial charge in [0.2, 0.25) is 5.91 Å². The third kappa shape index (κ3) is 3.36. The van der Waals surface area contributed by atoms with E-state index < -0.39 is 5.97 Å². The SMILES string of the molecule is Cc1nc(C(=O)NC2CCC(=O)N(C)C2)ccc1C(=O)O. The lowest BCUT2D eigenvalue weighted by Crippen LogP contribution is -2.48. The Labute approximate surface area is 122 Å². The van der Waals surface area contributed by atoms with E-state index >= 15 is 0 Å². The number of pyridine rings is 1. The van der Waals surface area contributed by atoms with Crippen LogP contribution in [0.2, 0.25) is 0 Å². The van der Waals surface area contributed by atoms with Crippen LogP contribution < -0.4 is 5.32 Å². The van der Waals surface area contributed by atoms with Crippen LogP contribution in [0, 0.1) is 6.92 Å². The molecule has 2 rings (SSSR count). The fourth-order valence-corrected chi connectivity index (χ4v) is 2.30. The molecule has 1 aromatic heterocycles. The highest BCUT2D eigenvalue weighted by Crippen LogP contribution is 2.11. The van der Waals surface area contributed by atoms with E-state index in [0.29, 0.717) is 25.1 Å². The molecule has 1 aliphatic heterocycles. The van der Waals surface area contributed by atoms with Crippen LogP contribution in [0.1, 0.15) is 39.4 Å². The second-order valence-electron chi connectivity index (χ2n) is 5.12. The molecule has 0 radical (unpaired) electrons. The number of nitrogens with one attached hydrogen (secondary N) is 1. The Morgan fingerprint density at radius 2 is 2.14 bits per heavy atom. The highest BCUT2D eigenvalue weighted by Gasteiger charge is 2.25. The average molecular weight is 291 g/mol. The van der Waals surface area contributed by atoms with E-state index in [0.717, 1.165) is 0 Å². The molecule has 0 bridgehead atoms. The fourth-order valence-electron chi connectivity index (χ4n) is 2.30.